The zero-order valence-corrected chi connectivity index (χ0v) is 14.9. The molecule has 134 valence electrons. The van der Waals surface area contributed by atoms with Gasteiger partial charge in [0.15, 0.2) is 11.5 Å². The minimum Gasteiger partial charge on any atom is -0.364 e. The lowest BCUT2D eigenvalue weighted by atomic mass is 10.0. The van der Waals surface area contributed by atoms with Crippen LogP contribution in [-0.4, -0.2) is 26.5 Å². The molecule has 0 aliphatic carbocycles. The van der Waals surface area contributed by atoms with Crippen LogP contribution in [0.15, 0.2) is 60.9 Å². The van der Waals surface area contributed by atoms with Gasteiger partial charge < -0.3 is 15.2 Å². The fraction of sp³-hybridized carbons (Fsp3) is 0.190. The lowest BCUT2D eigenvalue weighted by Crippen LogP contribution is -2.31. The molecule has 27 heavy (non-hydrogen) atoms. The van der Waals surface area contributed by atoms with Gasteiger partial charge in [0.1, 0.15) is 11.8 Å². The molecule has 0 bridgehead atoms. The molecule has 6 heteroatoms. The first kappa shape index (κ1) is 15.8. The summed E-state index contributed by atoms with van der Waals surface area (Å²) in [5.74, 6) is 1.63. The molecule has 0 atom stereocenters. The Morgan fingerprint density at radius 3 is 2.67 bits per heavy atom. The molecule has 1 aliphatic rings. The lowest BCUT2D eigenvalue weighted by molar-refractivity contribution is 0.714. The Hall–Kier alpha value is -3.41. The lowest BCUT2D eigenvalue weighted by Gasteiger charge is -2.28. The Kier molecular flexibility index (Phi) is 3.93. The van der Waals surface area contributed by atoms with Crippen molar-refractivity contribution in [2.24, 2.45) is 0 Å². The zero-order chi connectivity index (χ0) is 18.1. The van der Waals surface area contributed by atoms with Crippen molar-refractivity contribution >= 4 is 22.9 Å². The highest BCUT2D eigenvalue weighted by atomic mass is 15.3. The summed E-state index contributed by atoms with van der Waals surface area (Å²) in [7, 11) is 0. The van der Waals surface area contributed by atoms with Gasteiger partial charge in [-0.3, -0.25) is 0 Å². The minimum atomic E-state index is 0.689. The van der Waals surface area contributed by atoms with E-state index in [4.69, 9.17) is 4.98 Å². The van der Waals surface area contributed by atoms with E-state index in [1.807, 2.05) is 18.2 Å². The molecular formula is C21H20N6. The van der Waals surface area contributed by atoms with Gasteiger partial charge in [-0.15, -0.1) is 0 Å². The third kappa shape index (κ3) is 3.10. The summed E-state index contributed by atoms with van der Waals surface area (Å²) in [6, 6.07) is 18.9. The molecule has 0 radical (unpaired) electrons. The normalized spacial score (nSPS) is 13.6. The van der Waals surface area contributed by atoms with Gasteiger partial charge in [0.2, 0.25) is 5.95 Å². The Labute approximate surface area is 157 Å². The van der Waals surface area contributed by atoms with Crippen LogP contribution >= 0.6 is 0 Å². The minimum absolute atomic E-state index is 0.689. The van der Waals surface area contributed by atoms with Crippen LogP contribution in [0.1, 0.15) is 16.7 Å². The van der Waals surface area contributed by atoms with Crippen molar-refractivity contribution in [3.63, 3.8) is 0 Å². The Morgan fingerprint density at radius 1 is 0.963 bits per heavy atom. The summed E-state index contributed by atoms with van der Waals surface area (Å²) in [4.78, 5) is 19.1. The van der Waals surface area contributed by atoms with Gasteiger partial charge in [-0.05, 0) is 23.1 Å². The van der Waals surface area contributed by atoms with Crippen LogP contribution in [0, 0.1) is 0 Å². The molecule has 2 aromatic carbocycles. The number of nitrogens with one attached hydrogen (secondary N) is 2. The quantitative estimate of drug-likeness (QED) is 0.585. The van der Waals surface area contributed by atoms with Crippen molar-refractivity contribution in [3.05, 3.63) is 77.6 Å². The van der Waals surface area contributed by atoms with E-state index in [1.165, 1.54) is 16.7 Å². The van der Waals surface area contributed by atoms with E-state index in [0.29, 0.717) is 12.2 Å². The van der Waals surface area contributed by atoms with E-state index in [2.05, 4.69) is 61.6 Å². The molecule has 1 aliphatic heterocycles. The highest BCUT2D eigenvalue weighted by molar-refractivity contribution is 5.84. The standard InChI is InChI=1S/C21H20N6/c1-2-6-15(7-3-1)12-22-19-18-20(24-14-23-19)26-21(25-18)27-11-10-16-8-4-5-9-17(16)13-27/h1-9,14H,10-13H2,(H2,22,23,24,25,26). The molecular weight excluding hydrogens is 336 g/mol. The number of aromatic amines is 1. The average Bonchev–Trinajstić information content (AvgIpc) is 3.17. The number of rotatable bonds is 4. The van der Waals surface area contributed by atoms with Gasteiger partial charge in [-0.25, -0.2) is 9.97 Å². The second-order valence-corrected chi connectivity index (χ2v) is 6.76. The van der Waals surface area contributed by atoms with Gasteiger partial charge in [0, 0.05) is 19.6 Å². The van der Waals surface area contributed by atoms with Gasteiger partial charge in [-0.1, -0.05) is 54.6 Å². The first-order chi connectivity index (χ1) is 13.4. The van der Waals surface area contributed by atoms with Crippen molar-refractivity contribution in [2.45, 2.75) is 19.5 Å². The van der Waals surface area contributed by atoms with Crippen molar-refractivity contribution in [3.8, 4) is 0 Å². The Balaban J connectivity index is 1.41. The molecule has 0 unspecified atom stereocenters. The SMILES string of the molecule is c1ccc(CNc2ncnc3nc(N4CCc5ccccc5C4)[nH]c23)cc1. The molecule has 6 nitrogen and oxygen atoms in total. The molecule has 0 fully saturated rings. The van der Waals surface area contributed by atoms with Crippen LogP contribution < -0.4 is 10.2 Å². The number of aromatic nitrogens is 4. The second kappa shape index (κ2) is 6.72. The van der Waals surface area contributed by atoms with E-state index in [1.54, 1.807) is 6.33 Å². The number of imidazole rings is 1. The molecule has 2 N–H and O–H groups in total. The molecule has 0 spiro atoms. The maximum Gasteiger partial charge on any atom is 0.205 e. The van der Waals surface area contributed by atoms with Crippen LogP contribution in [-0.2, 0) is 19.5 Å². The third-order valence-electron chi connectivity index (χ3n) is 5.01. The number of H-pyrrole nitrogens is 1. The smallest absolute Gasteiger partial charge is 0.205 e. The zero-order valence-electron chi connectivity index (χ0n) is 14.9. The topological polar surface area (TPSA) is 69.7 Å². The third-order valence-corrected chi connectivity index (χ3v) is 5.01. The fourth-order valence-corrected chi connectivity index (χ4v) is 3.56. The highest BCUT2D eigenvalue weighted by Crippen LogP contribution is 2.26. The van der Waals surface area contributed by atoms with Gasteiger partial charge >= 0.3 is 0 Å². The molecule has 0 saturated heterocycles. The summed E-state index contributed by atoms with van der Waals surface area (Å²) in [5.41, 5.74) is 5.53. The van der Waals surface area contributed by atoms with E-state index in [0.717, 1.165) is 36.8 Å². The summed E-state index contributed by atoms with van der Waals surface area (Å²) < 4.78 is 0. The number of hydrogen-bond donors (Lipinski definition) is 2. The van der Waals surface area contributed by atoms with Crippen molar-refractivity contribution in [2.75, 3.05) is 16.8 Å². The summed E-state index contributed by atoms with van der Waals surface area (Å²) in [6.07, 6.45) is 2.59. The number of fused-ring (bicyclic) bond motifs is 2. The molecule has 4 aromatic rings. The average molecular weight is 356 g/mol. The monoisotopic (exact) mass is 356 g/mol. The molecule has 0 amide bonds. The maximum atomic E-state index is 4.70. The summed E-state index contributed by atoms with van der Waals surface area (Å²) in [6.45, 7) is 2.51. The highest BCUT2D eigenvalue weighted by Gasteiger charge is 2.20. The van der Waals surface area contributed by atoms with Crippen LogP contribution in [0.3, 0.4) is 0 Å². The van der Waals surface area contributed by atoms with Crippen LogP contribution in [0.25, 0.3) is 11.2 Å². The number of nitrogens with zero attached hydrogens (tertiary/aromatic N) is 4. The molecule has 3 heterocycles. The Bertz CT molecular complexity index is 1070. The molecule has 5 rings (SSSR count). The van der Waals surface area contributed by atoms with Gasteiger partial charge in [-0.2, -0.15) is 4.98 Å². The fourth-order valence-electron chi connectivity index (χ4n) is 3.56. The molecule has 2 aromatic heterocycles. The predicted octanol–water partition coefficient (Wildman–Crippen LogP) is 3.53. The Morgan fingerprint density at radius 2 is 1.78 bits per heavy atom. The van der Waals surface area contributed by atoms with Crippen molar-refractivity contribution in [1.29, 1.82) is 0 Å². The molecule has 0 saturated carbocycles. The van der Waals surface area contributed by atoms with Crippen LogP contribution in [0.4, 0.5) is 11.8 Å². The largest absolute Gasteiger partial charge is 0.364 e. The van der Waals surface area contributed by atoms with Crippen molar-refractivity contribution < 1.29 is 0 Å². The summed E-state index contributed by atoms with van der Waals surface area (Å²) >= 11 is 0. The maximum absolute atomic E-state index is 4.70. The van der Waals surface area contributed by atoms with Gasteiger partial charge in [0.05, 0.1) is 0 Å². The van der Waals surface area contributed by atoms with E-state index >= 15 is 0 Å². The first-order valence-corrected chi connectivity index (χ1v) is 9.17. The number of hydrogen-bond acceptors (Lipinski definition) is 5. The van der Waals surface area contributed by atoms with Crippen LogP contribution in [0.2, 0.25) is 0 Å². The number of benzene rings is 2. The number of anilines is 2. The van der Waals surface area contributed by atoms with E-state index in [-0.39, 0.29) is 0 Å². The van der Waals surface area contributed by atoms with E-state index < -0.39 is 0 Å². The first-order valence-electron chi connectivity index (χ1n) is 9.17. The predicted molar refractivity (Wildman–Crippen MR) is 107 cm³/mol. The van der Waals surface area contributed by atoms with Crippen LogP contribution in [0.5, 0.6) is 0 Å². The van der Waals surface area contributed by atoms with Gasteiger partial charge in [0.25, 0.3) is 0 Å². The second-order valence-electron chi connectivity index (χ2n) is 6.76. The van der Waals surface area contributed by atoms with E-state index in [9.17, 15) is 0 Å². The summed E-state index contributed by atoms with van der Waals surface area (Å²) in [5, 5.41) is 3.39. The van der Waals surface area contributed by atoms with Crippen molar-refractivity contribution in [1.82, 2.24) is 19.9 Å².